The molecule has 1 nitrogen and oxygen atoms in total. The van der Waals surface area contributed by atoms with Gasteiger partial charge in [-0.3, -0.25) is 0 Å². The van der Waals surface area contributed by atoms with E-state index in [1.165, 1.54) is 15.6 Å². The molecule has 0 fully saturated rings. The molecule has 0 spiro atoms. The van der Waals surface area contributed by atoms with Crippen LogP contribution in [0.25, 0.3) is 10.1 Å². The molecule has 0 bridgehead atoms. The fraction of sp³-hybridized carbons (Fsp3) is 0.200. The second-order valence-corrected chi connectivity index (χ2v) is 5.21. The highest BCUT2D eigenvalue weighted by molar-refractivity contribution is 9.10. The van der Waals surface area contributed by atoms with Crippen LogP contribution in [0.3, 0.4) is 0 Å². The number of thiophene rings is 1. The van der Waals surface area contributed by atoms with E-state index >= 15 is 0 Å². The molecular weight excluding hydrogens is 328 g/mol. The summed E-state index contributed by atoms with van der Waals surface area (Å²) in [6.45, 7) is 0. The van der Waals surface area contributed by atoms with Crippen LogP contribution < -0.4 is 4.74 Å². The van der Waals surface area contributed by atoms with Crippen LogP contribution in [-0.2, 0) is 5.33 Å². The molecule has 2 aromatic rings. The van der Waals surface area contributed by atoms with Gasteiger partial charge in [-0.25, -0.2) is 0 Å². The van der Waals surface area contributed by atoms with E-state index in [0.29, 0.717) is 0 Å². The van der Waals surface area contributed by atoms with Crippen molar-refractivity contribution in [2.24, 2.45) is 0 Å². The number of methoxy groups -OCH3 is 1. The van der Waals surface area contributed by atoms with Crippen molar-refractivity contribution in [1.82, 2.24) is 0 Å². The summed E-state index contributed by atoms with van der Waals surface area (Å²) in [7, 11) is 1.70. The van der Waals surface area contributed by atoms with Crippen molar-refractivity contribution in [3.05, 3.63) is 27.5 Å². The monoisotopic (exact) mass is 334 g/mol. The van der Waals surface area contributed by atoms with Crippen LogP contribution >= 0.6 is 43.2 Å². The molecule has 0 unspecified atom stereocenters. The third-order valence-electron chi connectivity index (χ3n) is 2.03. The summed E-state index contributed by atoms with van der Waals surface area (Å²) in [5.41, 5.74) is 1.27. The van der Waals surface area contributed by atoms with Gasteiger partial charge < -0.3 is 4.74 Å². The minimum Gasteiger partial charge on any atom is -0.495 e. The van der Waals surface area contributed by atoms with Gasteiger partial charge in [0, 0.05) is 25.3 Å². The average molecular weight is 336 g/mol. The van der Waals surface area contributed by atoms with Crippen molar-refractivity contribution in [2.45, 2.75) is 5.33 Å². The van der Waals surface area contributed by atoms with Crippen LogP contribution in [0.2, 0.25) is 0 Å². The van der Waals surface area contributed by atoms with Crippen LogP contribution in [0.15, 0.2) is 22.0 Å². The first kappa shape index (κ1) is 10.5. The van der Waals surface area contributed by atoms with E-state index < -0.39 is 0 Å². The molecule has 4 heteroatoms. The Morgan fingerprint density at radius 3 is 2.86 bits per heavy atom. The Kier molecular flexibility index (Phi) is 3.14. The Morgan fingerprint density at radius 2 is 2.21 bits per heavy atom. The predicted octanol–water partition coefficient (Wildman–Crippen LogP) is 4.57. The fourth-order valence-electron chi connectivity index (χ4n) is 1.37. The minimum absolute atomic E-state index is 0.877. The zero-order valence-electron chi connectivity index (χ0n) is 7.51. The van der Waals surface area contributed by atoms with Crippen LogP contribution in [-0.4, -0.2) is 7.11 Å². The molecule has 0 aliphatic carbocycles. The predicted molar refractivity (Wildman–Crippen MR) is 68.7 cm³/mol. The minimum atomic E-state index is 0.877. The highest BCUT2D eigenvalue weighted by atomic mass is 79.9. The highest BCUT2D eigenvalue weighted by Crippen LogP contribution is 2.38. The van der Waals surface area contributed by atoms with Gasteiger partial charge in [-0.1, -0.05) is 15.9 Å². The molecule has 1 aromatic heterocycles. The smallest absolute Gasteiger partial charge is 0.138 e. The van der Waals surface area contributed by atoms with Gasteiger partial charge in [0.2, 0.25) is 0 Å². The summed E-state index contributed by atoms with van der Waals surface area (Å²) in [6.07, 6.45) is 0. The second kappa shape index (κ2) is 4.21. The van der Waals surface area contributed by atoms with E-state index in [4.69, 9.17) is 4.74 Å². The second-order valence-electron chi connectivity index (χ2n) is 2.89. The Bertz CT molecular complexity index is 464. The van der Waals surface area contributed by atoms with Gasteiger partial charge in [0.15, 0.2) is 0 Å². The van der Waals surface area contributed by atoms with E-state index in [1.807, 2.05) is 5.38 Å². The number of hydrogen-bond acceptors (Lipinski definition) is 2. The normalized spacial score (nSPS) is 10.8. The lowest BCUT2D eigenvalue weighted by Crippen LogP contribution is -1.82. The summed E-state index contributed by atoms with van der Waals surface area (Å²) >= 11 is 8.73. The lowest BCUT2D eigenvalue weighted by Gasteiger charge is -2.01. The molecule has 0 atom stereocenters. The zero-order chi connectivity index (χ0) is 10.1. The number of fused-ring (bicyclic) bond motifs is 1. The van der Waals surface area contributed by atoms with E-state index in [1.54, 1.807) is 18.4 Å². The molecular formula is C10H8Br2OS. The summed E-state index contributed by atoms with van der Waals surface area (Å²) < 4.78 is 7.65. The van der Waals surface area contributed by atoms with Gasteiger partial charge in [0.25, 0.3) is 0 Å². The molecule has 0 amide bonds. The Hall–Kier alpha value is -0.0600. The molecule has 0 aliphatic rings. The maximum absolute atomic E-state index is 5.29. The van der Waals surface area contributed by atoms with Crippen molar-refractivity contribution in [3.63, 3.8) is 0 Å². The zero-order valence-corrected chi connectivity index (χ0v) is 11.5. The largest absolute Gasteiger partial charge is 0.495 e. The average Bonchev–Trinajstić information content (AvgIpc) is 2.61. The molecule has 0 radical (unpaired) electrons. The molecule has 0 saturated carbocycles. The fourth-order valence-corrected chi connectivity index (χ4v) is 3.52. The first-order chi connectivity index (χ1) is 6.76. The standard InChI is InChI=1S/C10H8Br2OS/c1-13-8-5-14-9-3-6(4-11)2-7(12)10(8)9/h2-3,5H,4H2,1H3. The molecule has 0 saturated heterocycles. The van der Waals surface area contributed by atoms with Gasteiger partial charge in [-0.2, -0.15) is 0 Å². The van der Waals surface area contributed by atoms with Crippen molar-refractivity contribution < 1.29 is 4.74 Å². The molecule has 2 rings (SSSR count). The SMILES string of the molecule is COc1csc2cc(CBr)cc(Br)c12. The quantitative estimate of drug-likeness (QED) is 0.730. The maximum atomic E-state index is 5.29. The van der Waals surface area contributed by atoms with Gasteiger partial charge in [-0.05, 0) is 33.6 Å². The van der Waals surface area contributed by atoms with Crippen molar-refractivity contribution in [3.8, 4) is 5.75 Å². The van der Waals surface area contributed by atoms with Crippen LogP contribution in [0.5, 0.6) is 5.75 Å². The van der Waals surface area contributed by atoms with Gasteiger partial charge >= 0.3 is 0 Å². The highest BCUT2D eigenvalue weighted by Gasteiger charge is 2.09. The Balaban J connectivity index is 2.72. The lowest BCUT2D eigenvalue weighted by molar-refractivity contribution is 0.421. The van der Waals surface area contributed by atoms with Crippen molar-refractivity contribution in [1.29, 1.82) is 0 Å². The number of ether oxygens (including phenoxy) is 1. The van der Waals surface area contributed by atoms with Gasteiger partial charge in [0.1, 0.15) is 5.75 Å². The Morgan fingerprint density at radius 1 is 1.43 bits per heavy atom. The molecule has 14 heavy (non-hydrogen) atoms. The topological polar surface area (TPSA) is 9.23 Å². The molecule has 74 valence electrons. The van der Waals surface area contributed by atoms with Gasteiger partial charge in [-0.15, -0.1) is 11.3 Å². The van der Waals surface area contributed by atoms with E-state index in [0.717, 1.165) is 15.6 Å². The number of hydrogen-bond donors (Lipinski definition) is 0. The number of alkyl halides is 1. The maximum Gasteiger partial charge on any atom is 0.138 e. The summed E-state index contributed by atoms with van der Waals surface area (Å²) in [5.74, 6) is 0.943. The van der Waals surface area contributed by atoms with Crippen molar-refractivity contribution in [2.75, 3.05) is 7.11 Å². The van der Waals surface area contributed by atoms with Crippen molar-refractivity contribution >= 4 is 53.3 Å². The lowest BCUT2D eigenvalue weighted by atomic mass is 10.2. The Labute approximate surface area is 103 Å². The molecule has 1 aromatic carbocycles. The van der Waals surface area contributed by atoms with Crippen LogP contribution in [0, 0.1) is 0 Å². The molecule has 1 heterocycles. The summed E-state index contributed by atoms with van der Waals surface area (Å²) in [5, 5.41) is 4.08. The van der Waals surface area contributed by atoms with E-state index in [2.05, 4.69) is 44.0 Å². The number of rotatable bonds is 2. The molecule has 0 N–H and O–H groups in total. The summed E-state index contributed by atoms with van der Waals surface area (Å²) in [4.78, 5) is 0. The van der Waals surface area contributed by atoms with E-state index in [-0.39, 0.29) is 0 Å². The molecule has 0 aliphatic heterocycles. The third-order valence-corrected chi connectivity index (χ3v) is 4.21. The van der Waals surface area contributed by atoms with E-state index in [9.17, 15) is 0 Å². The van der Waals surface area contributed by atoms with Crippen LogP contribution in [0.1, 0.15) is 5.56 Å². The first-order valence-corrected chi connectivity index (χ1v) is 6.85. The van der Waals surface area contributed by atoms with Gasteiger partial charge in [0.05, 0.1) is 7.11 Å². The number of halogens is 2. The number of benzene rings is 1. The third kappa shape index (κ3) is 1.71. The summed E-state index contributed by atoms with van der Waals surface area (Å²) in [6, 6.07) is 4.30. The first-order valence-electron chi connectivity index (χ1n) is 4.06. The van der Waals surface area contributed by atoms with Crippen LogP contribution in [0.4, 0.5) is 0 Å².